The molecule has 0 bridgehead atoms. The number of hydrogen-bond donors (Lipinski definition) is 1. The molecule has 0 amide bonds. The predicted molar refractivity (Wildman–Crippen MR) is 84.8 cm³/mol. The van der Waals surface area contributed by atoms with Gasteiger partial charge >= 0.3 is 5.97 Å². The van der Waals surface area contributed by atoms with Crippen molar-refractivity contribution in [1.29, 1.82) is 0 Å². The number of methoxy groups -OCH3 is 1. The van der Waals surface area contributed by atoms with Crippen LogP contribution in [0.2, 0.25) is 0 Å². The van der Waals surface area contributed by atoms with E-state index in [4.69, 9.17) is 14.8 Å². The number of aromatic nitrogens is 4. The fourth-order valence-electron chi connectivity index (χ4n) is 3.33. The summed E-state index contributed by atoms with van der Waals surface area (Å²) >= 11 is 0. The molecule has 24 heavy (non-hydrogen) atoms. The predicted octanol–water partition coefficient (Wildman–Crippen LogP) is 1.02. The number of aromatic carboxylic acids is 1. The van der Waals surface area contributed by atoms with E-state index < -0.39 is 5.97 Å². The van der Waals surface area contributed by atoms with Crippen molar-refractivity contribution >= 4 is 11.8 Å². The van der Waals surface area contributed by atoms with Crippen molar-refractivity contribution in [2.24, 2.45) is 11.8 Å². The van der Waals surface area contributed by atoms with Crippen LogP contribution in [0.3, 0.4) is 0 Å². The average molecular weight is 329 g/mol. The first-order chi connectivity index (χ1) is 11.6. The highest BCUT2D eigenvalue weighted by Gasteiger charge is 2.45. The topological polar surface area (TPSA) is 93.4 Å². The van der Waals surface area contributed by atoms with Crippen molar-refractivity contribution in [1.82, 2.24) is 20.0 Å². The van der Waals surface area contributed by atoms with Crippen molar-refractivity contribution < 1.29 is 14.6 Å². The molecule has 2 aromatic rings. The SMILES string of the molecule is COCc1nc(N2CC3CC3C2)ccc1Cn1cc(C(=O)O)nn1. The summed E-state index contributed by atoms with van der Waals surface area (Å²) in [7, 11) is 1.64. The lowest BCUT2D eigenvalue weighted by Gasteiger charge is -2.20. The molecular weight excluding hydrogens is 310 g/mol. The van der Waals surface area contributed by atoms with E-state index in [2.05, 4.69) is 15.2 Å². The van der Waals surface area contributed by atoms with Gasteiger partial charge in [0.15, 0.2) is 5.69 Å². The second kappa shape index (κ2) is 5.86. The summed E-state index contributed by atoms with van der Waals surface area (Å²) in [6.07, 6.45) is 2.78. The van der Waals surface area contributed by atoms with Gasteiger partial charge in [0.1, 0.15) is 5.82 Å². The molecule has 1 N–H and O–H groups in total. The minimum absolute atomic E-state index is 0.0656. The first-order valence-electron chi connectivity index (χ1n) is 8.00. The Bertz CT molecular complexity index is 765. The summed E-state index contributed by atoms with van der Waals surface area (Å²) in [6, 6.07) is 4.04. The lowest BCUT2D eigenvalue weighted by atomic mass is 10.2. The molecular formula is C16H19N5O3. The second-order valence-electron chi connectivity index (χ2n) is 6.48. The molecule has 4 rings (SSSR count). The highest BCUT2D eigenvalue weighted by Crippen LogP contribution is 2.45. The standard InChI is InChI=1S/C16H19N5O3/c1-24-9-14-10(7-21-8-13(16(22)23)18-19-21)2-3-15(17-14)20-5-11-4-12(11)6-20/h2-3,8,11-12H,4-7,9H2,1H3,(H,22,23). The molecule has 0 radical (unpaired) electrons. The van der Waals surface area contributed by atoms with E-state index >= 15 is 0 Å². The third-order valence-electron chi connectivity index (χ3n) is 4.73. The Morgan fingerprint density at radius 3 is 2.83 bits per heavy atom. The van der Waals surface area contributed by atoms with Gasteiger partial charge in [-0.25, -0.2) is 14.5 Å². The van der Waals surface area contributed by atoms with Gasteiger partial charge in [0, 0.05) is 20.2 Å². The highest BCUT2D eigenvalue weighted by molar-refractivity contribution is 5.84. The van der Waals surface area contributed by atoms with Crippen molar-refractivity contribution in [2.75, 3.05) is 25.1 Å². The zero-order chi connectivity index (χ0) is 16.7. The number of pyridine rings is 1. The number of hydrogen-bond acceptors (Lipinski definition) is 6. The van der Waals surface area contributed by atoms with Crippen LogP contribution in [0.5, 0.6) is 0 Å². The van der Waals surface area contributed by atoms with Crippen LogP contribution in [0.25, 0.3) is 0 Å². The van der Waals surface area contributed by atoms with E-state index in [-0.39, 0.29) is 5.69 Å². The van der Waals surface area contributed by atoms with Crippen LogP contribution in [-0.2, 0) is 17.9 Å². The summed E-state index contributed by atoms with van der Waals surface area (Å²) in [5.74, 6) is 1.60. The number of carboxylic acids is 1. The zero-order valence-electron chi connectivity index (χ0n) is 13.4. The number of piperidine rings is 1. The summed E-state index contributed by atoms with van der Waals surface area (Å²) in [4.78, 5) is 18.0. The van der Waals surface area contributed by atoms with Gasteiger partial charge in [-0.1, -0.05) is 11.3 Å². The number of carboxylic acid groups (broad SMARTS) is 1. The van der Waals surface area contributed by atoms with Gasteiger partial charge in [-0.15, -0.1) is 5.10 Å². The maximum Gasteiger partial charge on any atom is 0.358 e. The first-order valence-corrected chi connectivity index (χ1v) is 8.00. The van der Waals surface area contributed by atoms with Crippen LogP contribution in [0.15, 0.2) is 18.3 Å². The summed E-state index contributed by atoms with van der Waals surface area (Å²) in [6.45, 7) is 3.00. The quantitative estimate of drug-likeness (QED) is 0.845. The monoisotopic (exact) mass is 329 g/mol. The fraction of sp³-hybridized carbons (Fsp3) is 0.500. The van der Waals surface area contributed by atoms with E-state index in [1.54, 1.807) is 7.11 Å². The third kappa shape index (κ3) is 2.84. The maximum atomic E-state index is 10.9. The lowest BCUT2D eigenvalue weighted by Crippen LogP contribution is -2.23. The van der Waals surface area contributed by atoms with E-state index in [9.17, 15) is 4.79 Å². The van der Waals surface area contributed by atoms with E-state index in [1.165, 1.54) is 17.3 Å². The molecule has 2 atom stereocenters. The van der Waals surface area contributed by atoms with Crippen LogP contribution >= 0.6 is 0 Å². The Labute approximate surface area is 139 Å². The number of anilines is 1. The Kier molecular flexibility index (Phi) is 3.68. The molecule has 3 heterocycles. The molecule has 8 heteroatoms. The smallest absolute Gasteiger partial charge is 0.358 e. The van der Waals surface area contributed by atoms with Crippen molar-refractivity contribution in [3.8, 4) is 0 Å². The summed E-state index contributed by atoms with van der Waals surface area (Å²) < 4.78 is 6.78. The lowest BCUT2D eigenvalue weighted by molar-refractivity contribution is 0.0690. The minimum Gasteiger partial charge on any atom is -0.476 e. The van der Waals surface area contributed by atoms with Gasteiger partial charge < -0.3 is 14.7 Å². The van der Waals surface area contributed by atoms with Crippen LogP contribution in [0.4, 0.5) is 5.82 Å². The minimum atomic E-state index is -1.08. The molecule has 126 valence electrons. The maximum absolute atomic E-state index is 10.9. The average Bonchev–Trinajstić information content (AvgIpc) is 2.98. The Hall–Kier alpha value is -2.48. The van der Waals surface area contributed by atoms with Gasteiger partial charge in [0.2, 0.25) is 0 Å². The van der Waals surface area contributed by atoms with Crippen LogP contribution in [0.1, 0.15) is 28.2 Å². The number of fused-ring (bicyclic) bond motifs is 1. The molecule has 2 aliphatic rings. The fourth-order valence-corrected chi connectivity index (χ4v) is 3.33. The van der Waals surface area contributed by atoms with E-state index in [0.717, 1.165) is 42.0 Å². The molecule has 2 unspecified atom stereocenters. The molecule has 2 fully saturated rings. The molecule has 1 saturated carbocycles. The summed E-state index contributed by atoms with van der Waals surface area (Å²) in [5.41, 5.74) is 1.74. The van der Waals surface area contributed by atoms with E-state index in [0.29, 0.717) is 13.2 Å². The molecule has 1 saturated heterocycles. The Morgan fingerprint density at radius 2 is 2.17 bits per heavy atom. The van der Waals surface area contributed by atoms with E-state index in [1.807, 2.05) is 12.1 Å². The molecule has 2 aromatic heterocycles. The molecule has 8 nitrogen and oxygen atoms in total. The van der Waals surface area contributed by atoms with Crippen molar-refractivity contribution in [3.05, 3.63) is 35.3 Å². The third-order valence-corrected chi connectivity index (χ3v) is 4.73. The van der Waals surface area contributed by atoms with Crippen LogP contribution < -0.4 is 4.90 Å². The molecule has 1 aliphatic heterocycles. The molecule has 1 aliphatic carbocycles. The Morgan fingerprint density at radius 1 is 1.38 bits per heavy atom. The first kappa shape index (κ1) is 15.1. The van der Waals surface area contributed by atoms with Gasteiger partial charge in [0.05, 0.1) is 25.0 Å². The molecule has 0 aromatic carbocycles. The number of rotatable bonds is 6. The summed E-state index contributed by atoms with van der Waals surface area (Å²) in [5, 5.41) is 16.4. The van der Waals surface area contributed by atoms with Crippen molar-refractivity contribution in [3.63, 3.8) is 0 Å². The number of carbonyl (C=O) groups is 1. The van der Waals surface area contributed by atoms with Crippen LogP contribution in [0, 0.1) is 11.8 Å². The largest absolute Gasteiger partial charge is 0.476 e. The molecule has 0 spiro atoms. The highest BCUT2D eigenvalue weighted by atomic mass is 16.5. The van der Waals surface area contributed by atoms with Gasteiger partial charge in [-0.05, 0) is 29.9 Å². The van der Waals surface area contributed by atoms with Gasteiger partial charge in [-0.3, -0.25) is 0 Å². The van der Waals surface area contributed by atoms with Crippen molar-refractivity contribution in [2.45, 2.75) is 19.6 Å². The zero-order valence-corrected chi connectivity index (χ0v) is 13.4. The Balaban J connectivity index is 1.55. The number of ether oxygens (including phenoxy) is 1. The number of nitrogens with zero attached hydrogens (tertiary/aromatic N) is 5. The van der Waals surface area contributed by atoms with Gasteiger partial charge in [-0.2, -0.15) is 0 Å². The van der Waals surface area contributed by atoms with Crippen LogP contribution in [-0.4, -0.2) is 51.3 Å². The second-order valence-corrected chi connectivity index (χ2v) is 6.48. The van der Waals surface area contributed by atoms with Gasteiger partial charge in [0.25, 0.3) is 0 Å². The normalized spacial score (nSPS) is 21.8.